The van der Waals surface area contributed by atoms with Crippen LogP contribution >= 0.6 is 0 Å². The lowest BCUT2D eigenvalue weighted by molar-refractivity contribution is 0.0586. The number of hydrogen-bond donors (Lipinski definition) is 0. The van der Waals surface area contributed by atoms with E-state index in [4.69, 9.17) is 4.74 Å². The third-order valence-electron chi connectivity index (χ3n) is 2.35. The second-order valence-electron chi connectivity index (χ2n) is 4.01. The maximum Gasteiger partial charge on any atom is 0.190 e. The summed E-state index contributed by atoms with van der Waals surface area (Å²) < 4.78 is 5.31. The first kappa shape index (κ1) is 11.7. The van der Waals surface area contributed by atoms with Crippen molar-refractivity contribution in [3.8, 4) is 0 Å². The van der Waals surface area contributed by atoms with Crippen molar-refractivity contribution < 1.29 is 9.53 Å². The van der Waals surface area contributed by atoms with Gasteiger partial charge in [0, 0.05) is 18.0 Å². The van der Waals surface area contributed by atoms with Crippen LogP contribution in [0.5, 0.6) is 0 Å². The Balaban J connectivity index is 2.32. The van der Waals surface area contributed by atoms with Gasteiger partial charge in [0.05, 0.1) is 17.1 Å². The minimum atomic E-state index is -0.0650. The molecule has 0 radical (unpaired) electrons. The van der Waals surface area contributed by atoms with Crippen molar-refractivity contribution in [1.29, 1.82) is 0 Å². The van der Waals surface area contributed by atoms with Crippen LogP contribution < -0.4 is 0 Å². The summed E-state index contributed by atoms with van der Waals surface area (Å²) in [6.45, 7) is 3.87. The van der Waals surface area contributed by atoms with Crippen LogP contribution in [-0.2, 0) is 4.74 Å². The molecule has 4 heteroatoms. The van der Waals surface area contributed by atoms with Gasteiger partial charge in [-0.05, 0) is 26.0 Å². The minimum Gasteiger partial charge on any atom is -0.371 e. The van der Waals surface area contributed by atoms with Crippen LogP contribution in [0.4, 0.5) is 0 Å². The maximum atomic E-state index is 12.0. The smallest absolute Gasteiger partial charge is 0.190 e. The molecule has 0 amide bonds. The number of aromatic nitrogens is 2. The molecule has 0 saturated heterocycles. The molecule has 4 nitrogen and oxygen atoms in total. The highest BCUT2D eigenvalue weighted by Crippen LogP contribution is 2.14. The van der Waals surface area contributed by atoms with Gasteiger partial charge in [-0.25, -0.2) is 0 Å². The van der Waals surface area contributed by atoms with Crippen LogP contribution in [0.25, 0.3) is 11.0 Å². The standard InChI is InChI=1S/C13H14N2O2/c1-9(2)17-8-12(16)10-4-3-5-11-13(10)15-7-6-14-11/h3-7,9H,8H2,1-2H3. The minimum absolute atomic E-state index is 0.0417. The van der Waals surface area contributed by atoms with E-state index in [0.717, 1.165) is 5.52 Å². The number of nitrogens with zero attached hydrogens (tertiary/aromatic N) is 2. The van der Waals surface area contributed by atoms with Crippen LogP contribution in [0, 0.1) is 0 Å². The van der Waals surface area contributed by atoms with E-state index in [0.29, 0.717) is 11.1 Å². The molecule has 0 aliphatic heterocycles. The van der Waals surface area contributed by atoms with Crippen LogP contribution in [0.15, 0.2) is 30.6 Å². The number of carbonyl (C=O) groups excluding carboxylic acids is 1. The van der Waals surface area contributed by atoms with Crippen LogP contribution in [-0.4, -0.2) is 28.5 Å². The lowest BCUT2D eigenvalue weighted by Gasteiger charge is -2.07. The molecular weight excluding hydrogens is 216 g/mol. The summed E-state index contributed by atoms with van der Waals surface area (Å²) in [6, 6.07) is 5.39. The van der Waals surface area contributed by atoms with Crippen LogP contribution in [0.3, 0.4) is 0 Å². The molecule has 2 rings (SSSR count). The van der Waals surface area contributed by atoms with Crippen LogP contribution in [0.2, 0.25) is 0 Å². The number of rotatable bonds is 4. The van der Waals surface area contributed by atoms with Gasteiger partial charge in [0.2, 0.25) is 0 Å². The number of ketones is 1. The molecule has 1 heterocycles. The monoisotopic (exact) mass is 230 g/mol. The van der Waals surface area contributed by atoms with Gasteiger partial charge in [-0.15, -0.1) is 0 Å². The molecule has 0 spiro atoms. The summed E-state index contributed by atoms with van der Waals surface area (Å²) in [5, 5.41) is 0. The number of fused-ring (bicyclic) bond motifs is 1. The Morgan fingerprint density at radius 1 is 1.29 bits per heavy atom. The zero-order valence-corrected chi connectivity index (χ0v) is 9.88. The van der Waals surface area contributed by atoms with E-state index in [1.54, 1.807) is 24.5 Å². The number of para-hydroxylation sites is 1. The Morgan fingerprint density at radius 3 is 2.82 bits per heavy atom. The van der Waals surface area contributed by atoms with E-state index >= 15 is 0 Å². The molecule has 0 N–H and O–H groups in total. The highest BCUT2D eigenvalue weighted by molar-refractivity contribution is 6.06. The second-order valence-corrected chi connectivity index (χ2v) is 4.01. The largest absolute Gasteiger partial charge is 0.371 e. The number of hydrogen-bond acceptors (Lipinski definition) is 4. The van der Waals surface area contributed by atoms with Gasteiger partial charge in [-0.1, -0.05) is 6.07 Å². The highest BCUT2D eigenvalue weighted by atomic mass is 16.5. The van der Waals surface area contributed by atoms with Crippen molar-refractivity contribution in [3.63, 3.8) is 0 Å². The molecule has 0 atom stereocenters. The molecule has 1 aromatic heterocycles. The van der Waals surface area contributed by atoms with E-state index < -0.39 is 0 Å². The molecule has 0 aliphatic carbocycles. The molecule has 0 saturated carbocycles. The van der Waals surface area contributed by atoms with E-state index in [9.17, 15) is 4.79 Å². The molecular formula is C13H14N2O2. The van der Waals surface area contributed by atoms with Gasteiger partial charge in [-0.3, -0.25) is 14.8 Å². The fraction of sp³-hybridized carbons (Fsp3) is 0.308. The van der Waals surface area contributed by atoms with E-state index in [1.165, 1.54) is 0 Å². The van der Waals surface area contributed by atoms with Crippen molar-refractivity contribution in [2.45, 2.75) is 20.0 Å². The summed E-state index contributed by atoms with van der Waals surface area (Å²) in [7, 11) is 0. The Kier molecular flexibility index (Phi) is 3.44. The first-order valence-electron chi connectivity index (χ1n) is 5.53. The first-order chi connectivity index (χ1) is 8.18. The molecule has 88 valence electrons. The normalized spacial score (nSPS) is 11.0. The lowest BCUT2D eigenvalue weighted by atomic mass is 10.1. The second kappa shape index (κ2) is 5.01. The van der Waals surface area contributed by atoms with E-state index in [2.05, 4.69) is 9.97 Å². The van der Waals surface area contributed by atoms with Crippen molar-refractivity contribution in [3.05, 3.63) is 36.2 Å². The van der Waals surface area contributed by atoms with Gasteiger partial charge >= 0.3 is 0 Å². The Hall–Kier alpha value is -1.81. The zero-order valence-electron chi connectivity index (χ0n) is 9.88. The summed E-state index contributed by atoms with van der Waals surface area (Å²) in [5.41, 5.74) is 1.92. The predicted molar refractivity (Wildman–Crippen MR) is 65.0 cm³/mol. The van der Waals surface area contributed by atoms with Gasteiger partial charge in [-0.2, -0.15) is 0 Å². The van der Waals surface area contributed by atoms with Gasteiger partial charge in [0.25, 0.3) is 0 Å². The Bertz CT molecular complexity index is 532. The molecule has 0 fully saturated rings. The quantitative estimate of drug-likeness (QED) is 0.756. The number of Topliss-reactive ketones (excluding diaryl/α,β-unsaturated/α-hetero) is 1. The van der Waals surface area contributed by atoms with Gasteiger partial charge in [0.1, 0.15) is 6.61 Å². The average Bonchev–Trinajstić information content (AvgIpc) is 2.35. The number of ether oxygens (including phenoxy) is 1. The lowest BCUT2D eigenvalue weighted by Crippen LogP contribution is -2.14. The maximum absolute atomic E-state index is 12.0. The Morgan fingerprint density at radius 2 is 2.06 bits per heavy atom. The molecule has 0 bridgehead atoms. The highest BCUT2D eigenvalue weighted by Gasteiger charge is 2.11. The number of benzene rings is 1. The molecule has 1 aromatic carbocycles. The summed E-state index contributed by atoms with van der Waals surface area (Å²) in [6.07, 6.45) is 3.24. The van der Waals surface area contributed by atoms with E-state index in [-0.39, 0.29) is 18.5 Å². The molecule has 0 unspecified atom stereocenters. The SMILES string of the molecule is CC(C)OCC(=O)c1cccc2nccnc12. The van der Waals surface area contributed by atoms with Gasteiger partial charge in [0.15, 0.2) is 5.78 Å². The van der Waals surface area contributed by atoms with Crippen LogP contribution in [0.1, 0.15) is 24.2 Å². The van der Waals surface area contributed by atoms with Gasteiger partial charge < -0.3 is 4.74 Å². The fourth-order valence-corrected chi connectivity index (χ4v) is 1.54. The fourth-order valence-electron chi connectivity index (χ4n) is 1.54. The zero-order chi connectivity index (χ0) is 12.3. The summed E-state index contributed by atoms with van der Waals surface area (Å²) in [5.74, 6) is -0.0650. The third kappa shape index (κ3) is 2.65. The Labute approximate surface area is 99.7 Å². The summed E-state index contributed by atoms with van der Waals surface area (Å²) in [4.78, 5) is 20.3. The summed E-state index contributed by atoms with van der Waals surface area (Å²) >= 11 is 0. The third-order valence-corrected chi connectivity index (χ3v) is 2.35. The number of carbonyl (C=O) groups is 1. The van der Waals surface area contributed by atoms with Crippen molar-refractivity contribution in [1.82, 2.24) is 9.97 Å². The average molecular weight is 230 g/mol. The molecule has 2 aromatic rings. The van der Waals surface area contributed by atoms with Crippen molar-refractivity contribution >= 4 is 16.8 Å². The van der Waals surface area contributed by atoms with Crippen molar-refractivity contribution in [2.24, 2.45) is 0 Å². The van der Waals surface area contributed by atoms with E-state index in [1.807, 2.05) is 19.9 Å². The topological polar surface area (TPSA) is 52.1 Å². The molecule has 0 aliphatic rings. The van der Waals surface area contributed by atoms with Crippen molar-refractivity contribution in [2.75, 3.05) is 6.61 Å². The predicted octanol–water partition coefficient (Wildman–Crippen LogP) is 2.24. The molecule has 17 heavy (non-hydrogen) atoms. The first-order valence-corrected chi connectivity index (χ1v) is 5.53.